The fourth-order valence-corrected chi connectivity index (χ4v) is 4.10. The normalized spacial score (nSPS) is 12.4. The van der Waals surface area contributed by atoms with E-state index >= 15 is 0 Å². The van der Waals surface area contributed by atoms with Crippen LogP contribution in [0.25, 0.3) is 0 Å². The lowest BCUT2D eigenvalue weighted by molar-refractivity contribution is -0.153. The maximum Gasteiger partial charge on any atom is 0.306 e. The first kappa shape index (κ1) is 23.4. The van der Waals surface area contributed by atoms with E-state index in [4.69, 9.17) is 14.6 Å². The van der Waals surface area contributed by atoms with E-state index in [1.807, 2.05) is 0 Å². The van der Waals surface area contributed by atoms with E-state index in [9.17, 15) is 18.0 Å². The molecule has 0 bridgehead atoms. The molecule has 9 heteroatoms. The van der Waals surface area contributed by atoms with Gasteiger partial charge in [0, 0.05) is 6.54 Å². The van der Waals surface area contributed by atoms with Gasteiger partial charge in [0.1, 0.15) is 23.4 Å². The van der Waals surface area contributed by atoms with Gasteiger partial charge in [-0.2, -0.15) is 0 Å². The molecule has 0 saturated heterocycles. The molecule has 2 aromatic rings. The number of carboxylic acid groups (broad SMARTS) is 1. The minimum atomic E-state index is -3.79. The zero-order valence-corrected chi connectivity index (χ0v) is 17.7. The summed E-state index contributed by atoms with van der Waals surface area (Å²) in [6, 6.07) is 14.3. The molecular formula is C21H25NO7S. The Hall–Kier alpha value is -2.91. The molecule has 0 saturated carbocycles. The Bertz CT molecular complexity index is 958. The molecule has 0 aliphatic rings. The molecule has 8 nitrogen and oxygen atoms in total. The molecule has 0 aromatic heterocycles. The van der Waals surface area contributed by atoms with Gasteiger partial charge in [-0.05, 0) is 38.4 Å². The predicted octanol–water partition coefficient (Wildman–Crippen LogP) is 2.24. The van der Waals surface area contributed by atoms with Crippen molar-refractivity contribution in [3.8, 4) is 5.75 Å². The Morgan fingerprint density at radius 3 is 2.27 bits per heavy atom. The molecule has 0 amide bonds. The Kier molecular flexibility index (Phi) is 8.37. The molecule has 0 spiro atoms. The molecular weight excluding hydrogens is 410 g/mol. The van der Waals surface area contributed by atoms with Crippen LogP contribution in [-0.2, 0) is 24.2 Å². The molecule has 162 valence electrons. The number of sulfone groups is 1. The van der Waals surface area contributed by atoms with Crippen molar-refractivity contribution in [1.29, 1.82) is 0 Å². The second-order valence-corrected chi connectivity index (χ2v) is 8.76. The highest BCUT2D eigenvalue weighted by molar-refractivity contribution is 7.91. The molecule has 30 heavy (non-hydrogen) atoms. The number of esters is 1. The fourth-order valence-electron chi connectivity index (χ4n) is 2.69. The number of rotatable bonds is 11. The number of aliphatic carboxylic acids is 1. The van der Waals surface area contributed by atoms with E-state index in [1.54, 1.807) is 49.3 Å². The zero-order valence-electron chi connectivity index (χ0n) is 16.9. The monoisotopic (exact) mass is 435 g/mol. The third kappa shape index (κ3) is 6.85. The largest absolute Gasteiger partial charge is 0.488 e. The summed E-state index contributed by atoms with van der Waals surface area (Å²) in [6.45, 7) is 0.241. The third-order valence-electron chi connectivity index (χ3n) is 4.03. The van der Waals surface area contributed by atoms with Crippen LogP contribution in [0.15, 0.2) is 64.4 Å². The summed E-state index contributed by atoms with van der Waals surface area (Å²) in [6.07, 6.45) is -1.28. The average molecular weight is 435 g/mol. The lowest BCUT2D eigenvalue weighted by atomic mass is 10.3. The van der Waals surface area contributed by atoms with Crippen molar-refractivity contribution in [1.82, 2.24) is 4.90 Å². The second-order valence-electron chi connectivity index (χ2n) is 6.84. The molecule has 0 heterocycles. The van der Waals surface area contributed by atoms with Crippen LogP contribution in [0.5, 0.6) is 5.75 Å². The first-order valence-electron chi connectivity index (χ1n) is 9.28. The first-order valence-corrected chi connectivity index (χ1v) is 10.8. The van der Waals surface area contributed by atoms with Crippen LogP contribution in [-0.4, -0.2) is 63.7 Å². The van der Waals surface area contributed by atoms with Gasteiger partial charge in [0.2, 0.25) is 9.84 Å². The van der Waals surface area contributed by atoms with Crippen LogP contribution in [0, 0.1) is 0 Å². The summed E-state index contributed by atoms with van der Waals surface area (Å²) in [5, 5.41) is 8.70. The SMILES string of the molecule is CN(C)CC(COc1ccccc1S(=O)(=O)c1ccccc1)OC(=O)CCC(=O)O. The molecule has 0 aliphatic heterocycles. The van der Waals surface area contributed by atoms with Gasteiger partial charge in [-0.25, -0.2) is 8.42 Å². The average Bonchev–Trinajstić information content (AvgIpc) is 2.71. The third-order valence-corrected chi connectivity index (χ3v) is 5.84. The van der Waals surface area contributed by atoms with Crippen molar-refractivity contribution >= 4 is 21.8 Å². The Balaban J connectivity index is 2.16. The van der Waals surface area contributed by atoms with Gasteiger partial charge < -0.3 is 19.5 Å². The molecule has 2 aromatic carbocycles. The number of ether oxygens (including phenoxy) is 2. The second kappa shape index (κ2) is 10.7. The lowest BCUT2D eigenvalue weighted by Gasteiger charge is -2.22. The highest BCUT2D eigenvalue weighted by Crippen LogP contribution is 2.29. The highest BCUT2D eigenvalue weighted by Gasteiger charge is 2.23. The van der Waals surface area contributed by atoms with Crippen molar-refractivity contribution in [2.75, 3.05) is 27.2 Å². The fraction of sp³-hybridized carbons (Fsp3) is 0.333. The van der Waals surface area contributed by atoms with Crippen molar-refractivity contribution in [3.63, 3.8) is 0 Å². The van der Waals surface area contributed by atoms with Crippen LogP contribution < -0.4 is 4.74 Å². The number of likely N-dealkylation sites (N-methyl/N-ethyl adjacent to an activating group) is 1. The van der Waals surface area contributed by atoms with E-state index in [2.05, 4.69) is 0 Å². The minimum absolute atomic E-state index is 0.0111. The number of benzene rings is 2. The van der Waals surface area contributed by atoms with E-state index in [-0.39, 0.29) is 35.0 Å². The van der Waals surface area contributed by atoms with Gasteiger partial charge in [-0.1, -0.05) is 30.3 Å². The summed E-state index contributed by atoms with van der Waals surface area (Å²) in [7, 11) is -0.223. The molecule has 1 unspecified atom stereocenters. The minimum Gasteiger partial charge on any atom is -0.488 e. The van der Waals surface area contributed by atoms with Crippen LogP contribution in [0.2, 0.25) is 0 Å². The van der Waals surface area contributed by atoms with Gasteiger partial charge in [0.05, 0.1) is 17.7 Å². The van der Waals surface area contributed by atoms with Crippen LogP contribution in [0.1, 0.15) is 12.8 Å². The molecule has 1 N–H and O–H groups in total. The molecule has 0 radical (unpaired) electrons. The number of carboxylic acids is 1. The Morgan fingerprint density at radius 2 is 1.63 bits per heavy atom. The van der Waals surface area contributed by atoms with E-state index in [1.165, 1.54) is 24.3 Å². The summed E-state index contributed by atoms with van der Waals surface area (Å²) < 4.78 is 37.0. The van der Waals surface area contributed by atoms with Gasteiger partial charge >= 0.3 is 11.9 Å². The molecule has 0 fully saturated rings. The smallest absolute Gasteiger partial charge is 0.306 e. The standard InChI is InChI=1S/C21H25NO7S/c1-22(2)14-16(29-21(25)13-12-20(23)24)15-28-18-10-6-7-11-19(18)30(26,27)17-8-4-3-5-9-17/h3-11,16H,12-15H2,1-2H3,(H,23,24). The molecule has 0 aliphatic carbocycles. The summed E-state index contributed by atoms with van der Waals surface area (Å²) in [4.78, 5) is 24.5. The highest BCUT2D eigenvalue weighted by atomic mass is 32.2. The van der Waals surface area contributed by atoms with Gasteiger partial charge in [0.15, 0.2) is 0 Å². The van der Waals surface area contributed by atoms with Gasteiger partial charge in [0.25, 0.3) is 0 Å². The zero-order chi connectivity index (χ0) is 22.1. The van der Waals surface area contributed by atoms with E-state index in [0.717, 1.165) is 0 Å². The summed E-state index contributed by atoms with van der Waals surface area (Å²) in [5.41, 5.74) is 0. The Morgan fingerprint density at radius 1 is 1.00 bits per heavy atom. The van der Waals surface area contributed by atoms with Gasteiger partial charge in [-0.15, -0.1) is 0 Å². The first-order chi connectivity index (χ1) is 14.2. The number of carbonyl (C=O) groups is 2. The molecule has 1 atom stereocenters. The van der Waals surface area contributed by atoms with Crippen LogP contribution >= 0.6 is 0 Å². The summed E-state index contributed by atoms with van der Waals surface area (Å²) in [5.74, 6) is -1.60. The predicted molar refractivity (Wildman–Crippen MR) is 109 cm³/mol. The maximum atomic E-state index is 13.0. The van der Waals surface area contributed by atoms with Crippen molar-refractivity contribution < 1.29 is 32.6 Å². The van der Waals surface area contributed by atoms with E-state index in [0.29, 0.717) is 6.54 Å². The maximum absolute atomic E-state index is 13.0. The summed E-state index contributed by atoms with van der Waals surface area (Å²) >= 11 is 0. The van der Waals surface area contributed by atoms with Crippen molar-refractivity contribution in [3.05, 3.63) is 54.6 Å². The molecule has 2 rings (SSSR count). The number of carbonyl (C=O) groups excluding carboxylic acids is 1. The lowest BCUT2D eigenvalue weighted by Crippen LogP contribution is -2.35. The quantitative estimate of drug-likeness (QED) is 0.535. The van der Waals surface area contributed by atoms with Crippen molar-refractivity contribution in [2.45, 2.75) is 28.7 Å². The van der Waals surface area contributed by atoms with Crippen LogP contribution in [0.3, 0.4) is 0 Å². The van der Waals surface area contributed by atoms with Crippen molar-refractivity contribution in [2.24, 2.45) is 0 Å². The van der Waals surface area contributed by atoms with Crippen LogP contribution in [0.4, 0.5) is 0 Å². The van der Waals surface area contributed by atoms with Gasteiger partial charge in [-0.3, -0.25) is 9.59 Å². The number of nitrogens with zero attached hydrogens (tertiary/aromatic N) is 1. The number of hydrogen-bond donors (Lipinski definition) is 1. The number of hydrogen-bond acceptors (Lipinski definition) is 7. The topological polar surface area (TPSA) is 110 Å². The van der Waals surface area contributed by atoms with E-state index < -0.39 is 27.9 Å². The number of para-hydroxylation sites is 1. The Labute approximate surface area is 176 Å².